The first-order chi connectivity index (χ1) is 18.7. The molecule has 3 heterocycles. The van der Waals surface area contributed by atoms with Gasteiger partial charge in [-0.25, -0.2) is 27.5 Å². The number of thioether (sulfide) groups is 1. The Kier molecular flexibility index (Phi) is 9.98. The van der Waals surface area contributed by atoms with Gasteiger partial charge in [0.15, 0.2) is 11.5 Å². The predicted octanol–water partition coefficient (Wildman–Crippen LogP) is 8.14. The number of ether oxygens (including phenoxy) is 1. The van der Waals surface area contributed by atoms with Crippen LogP contribution in [0, 0.1) is 5.92 Å². The second kappa shape index (κ2) is 12.9. The van der Waals surface area contributed by atoms with Crippen LogP contribution in [0.25, 0.3) is 11.2 Å². The van der Waals surface area contributed by atoms with E-state index in [4.69, 9.17) is 4.74 Å². The van der Waals surface area contributed by atoms with Crippen molar-refractivity contribution in [3.63, 3.8) is 0 Å². The third kappa shape index (κ3) is 6.62. The number of hydrogen-bond acceptors (Lipinski definition) is 6. The number of imidazole rings is 1. The summed E-state index contributed by atoms with van der Waals surface area (Å²) >= 11 is 3.48. The van der Waals surface area contributed by atoms with Gasteiger partial charge in [-0.3, -0.25) is 9.13 Å². The lowest BCUT2D eigenvalue weighted by Crippen LogP contribution is -2.18. The van der Waals surface area contributed by atoms with E-state index >= 15 is 0 Å². The Labute approximate surface area is 243 Å². The van der Waals surface area contributed by atoms with Crippen molar-refractivity contribution in [1.82, 2.24) is 14.3 Å². The number of pyridine rings is 1. The number of nitrogens with zero attached hydrogens (tertiary/aromatic N) is 3. The average molecular weight is 697 g/mol. The van der Waals surface area contributed by atoms with E-state index in [2.05, 4.69) is 26.7 Å². The molecule has 14 heteroatoms. The zero-order valence-electron chi connectivity index (χ0n) is 21.5. The lowest BCUT2D eigenvalue weighted by atomic mass is 9.91. The predicted molar refractivity (Wildman–Crippen MR) is 158 cm³/mol. The van der Waals surface area contributed by atoms with Gasteiger partial charge >= 0.3 is 0 Å². The van der Waals surface area contributed by atoms with E-state index in [0.717, 1.165) is 36.6 Å². The maximum Gasteiger partial charge on any atom is 0.295 e. The summed E-state index contributed by atoms with van der Waals surface area (Å²) < 4.78 is 61.1. The minimum Gasteiger partial charge on any atom is -0.381 e. The lowest BCUT2D eigenvalue weighted by molar-refractivity contribution is -0.119. The molecule has 2 atom stereocenters. The summed E-state index contributed by atoms with van der Waals surface area (Å²) in [6.07, 6.45) is 0.329. The molecule has 1 amide bonds. The monoisotopic (exact) mass is 697 g/mol. The maximum absolute atomic E-state index is 13.8. The summed E-state index contributed by atoms with van der Waals surface area (Å²) in [4.78, 5) is 21.7. The van der Waals surface area contributed by atoms with Crippen molar-refractivity contribution in [3.8, 4) is 0 Å². The molecule has 0 bridgehead atoms. The van der Waals surface area contributed by atoms with Crippen molar-refractivity contribution >= 4 is 74.4 Å². The van der Waals surface area contributed by atoms with Crippen molar-refractivity contribution in [2.75, 3.05) is 30.1 Å². The molecule has 1 aromatic carbocycles. The topological polar surface area (TPSA) is 81.1 Å². The van der Waals surface area contributed by atoms with Crippen LogP contribution in [0.2, 0.25) is 0 Å². The van der Waals surface area contributed by atoms with E-state index in [1.807, 2.05) is 54.3 Å². The summed E-state index contributed by atoms with van der Waals surface area (Å²) in [5.41, 5.74) is 2.61. The Morgan fingerprint density at radius 3 is 2.49 bits per heavy atom. The van der Waals surface area contributed by atoms with Gasteiger partial charge in [0.05, 0.1) is 17.7 Å². The van der Waals surface area contributed by atoms with Gasteiger partial charge in [-0.15, -0.1) is 11.8 Å². The Balaban J connectivity index is 0.00000172. The fraction of sp³-hybridized carbons (Fsp3) is 0.480. The fourth-order valence-electron chi connectivity index (χ4n) is 4.41. The number of carbonyl (C=O) groups excluding carboxylic acids is 1. The largest absolute Gasteiger partial charge is 0.381 e. The van der Waals surface area contributed by atoms with E-state index in [0.29, 0.717) is 11.6 Å². The number of amides is 1. The summed E-state index contributed by atoms with van der Waals surface area (Å²) in [6.45, 7) is 5.45. The minimum absolute atomic E-state index is 0.0103. The van der Waals surface area contributed by atoms with E-state index in [1.54, 1.807) is 0 Å². The van der Waals surface area contributed by atoms with Gasteiger partial charge in [0.25, 0.3) is 12.3 Å². The molecule has 2 N–H and O–H groups in total. The highest BCUT2D eigenvalue weighted by atomic mass is 127. The van der Waals surface area contributed by atoms with Crippen LogP contribution in [0.5, 0.6) is 0 Å². The van der Waals surface area contributed by atoms with Crippen LogP contribution in [0.1, 0.15) is 56.8 Å². The molecule has 7 nitrogen and oxygen atoms in total. The van der Waals surface area contributed by atoms with Crippen molar-refractivity contribution in [2.24, 2.45) is 5.92 Å². The fourth-order valence-corrected chi connectivity index (χ4v) is 6.90. The molecule has 0 spiro atoms. The number of benzene rings is 1. The molecule has 1 saturated heterocycles. The standard InChI is InChI=1S/C23H23F4IN5O2PS.C2H6/c1-37-16-8-12(11-4-6-35-7-5-11)2-3-14(16)29-15-9-17(31-22(34)13-10-23(13,26)27)30-20-18(15)32-21(19(24)25)33(20)36-28;1-2/h2-3,8-9,11,13,19,36H,4-7,10H2,1H3,(H2,29,30,31,34);1-2H3. The highest BCUT2D eigenvalue weighted by molar-refractivity contribution is 14.2. The first kappa shape index (κ1) is 30.3. The molecule has 2 aliphatic rings. The SMILES string of the molecule is CC.CSc1cc(C2CCOCC2)ccc1Nc1cc(NC(=O)C2CC2(F)F)nc2c1nc(C(F)F)n2PI. The van der Waals surface area contributed by atoms with Crippen LogP contribution >= 0.6 is 40.2 Å². The zero-order valence-corrected chi connectivity index (χ0v) is 25.5. The van der Waals surface area contributed by atoms with Crippen LogP contribution in [-0.2, 0) is 9.53 Å². The molecule has 3 aromatic rings. The van der Waals surface area contributed by atoms with Crippen molar-refractivity contribution in [1.29, 1.82) is 0 Å². The molecule has 1 aliphatic carbocycles. The van der Waals surface area contributed by atoms with Crippen LogP contribution in [0.15, 0.2) is 29.2 Å². The van der Waals surface area contributed by atoms with E-state index < -0.39 is 36.4 Å². The highest BCUT2D eigenvalue weighted by Gasteiger charge is 2.61. The van der Waals surface area contributed by atoms with Crippen LogP contribution in [-0.4, -0.2) is 45.6 Å². The van der Waals surface area contributed by atoms with Crippen molar-refractivity contribution < 1.29 is 27.1 Å². The number of alkyl halides is 4. The zero-order chi connectivity index (χ0) is 28.3. The Morgan fingerprint density at radius 2 is 1.90 bits per heavy atom. The lowest BCUT2D eigenvalue weighted by Gasteiger charge is -2.23. The third-order valence-corrected chi connectivity index (χ3v) is 9.34. The smallest absolute Gasteiger partial charge is 0.295 e. The second-order valence-corrected chi connectivity index (χ2v) is 11.8. The van der Waals surface area contributed by atoms with Crippen LogP contribution in [0.4, 0.5) is 34.8 Å². The highest BCUT2D eigenvalue weighted by Crippen LogP contribution is 2.49. The minimum atomic E-state index is -3.04. The third-order valence-electron chi connectivity index (χ3n) is 6.50. The van der Waals surface area contributed by atoms with Crippen LogP contribution in [0.3, 0.4) is 0 Å². The first-order valence-electron chi connectivity index (χ1n) is 12.5. The van der Waals surface area contributed by atoms with Crippen LogP contribution < -0.4 is 10.6 Å². The molecule has 5 rings (SSSR count). The number of rotatable bonds is 8. The van der Waals surface area contributed by atoms with Gasteiger partial charge in [0.1, 0.15) is 17.3 Å². The summed E-state index contributed by atoms with van der Waals surface area (Å²) in [6, 6.07) is 7.51. The van der Waals surface area contributed by atoms with Gasteiger partial charge in [0.2, 0.25) is 5.91 Å². The molecule has 1 saturated carbocycles. The number of halogens is 5. The normalized spacial score (nSPS) is 18.8. The number of aromatic nitrogens is 3. The van der Waals surface area contributed by atoms with Gasteiger partial charge in [0, 0.05) is 30.6 Å². The molecule has 0 radical (unpaired) electrons. The molecule has 212 valence electrons. The number of fused-ring (bicyclic) bond motifs is 1. The molecule has 2 aromatic heterocycles. The van der Waals surface area contributed by atoms with E-state index in [1.165, 1.54) is 27.7 Å². The number of hydrogen-bond donors (Lipinski definition) is 2. The molecule has 2 unspecified atom stereocenters. The summed E-state index contributed by atoms with van der Waals surface area (Å²) in [5, 5.41) is 5.70. The molecule has 39 heavy (non-hydrogen) atoms. The molecule has 2 fully saturated rings. The van der Waals surface area contributed by atoms with Crippen molar-refractivity contribution in [2.45, 2.75) is 56.3 Å². The molecule has 1 aliphatic heterocycles. The second-order valence-electron chi connectivity index (χ2n) is 8.90. The molecular weight excluding hydrogens is 668 g/mol. The number of anilines is 3. The maximum atomic E-state index is 13.8. The van der Waals surface area contributed by atoms with Gasteiger partial charge in [-0.05, 0) is 64.8 Å². The number of carbonyl (C=O) groups is 1. The number of nitrogens with one attached hydrogen (secondary N) is 2. The van der Waals surface area contributed by atoms with E-state index in [9.17, 15) is 22.4 Å². The Bertz CT molecular complexity index is 1340. The van der Waals surface area contributed by atoms with E-state index in [-0.39, 0.29) is 23.4 Å². The van der Waals surface area contributed by atoms with Gasteiger partial charge in [-0.1, -0.05) is 19.9 Å². The Morgan fingerprint density at radius 1 is 1.21 bits per heavy atom. The van der Waals surface area contributed by atoms with Crippen molar-refractivity contribution in [3.05, 3.63) is 35.7 Å². The molecular formula is C25H29F4IN5O2PS. The Hall–Kier alpha value is -1.70. The quantitative estimate of drug-likeness (QED) is 0.107. The first-order valence-corrected chi connectivity index (χ1v) is 17.8. The summed E-state index contributed by atoms with van der Waals surface area (Å²) in [7, 11) is 0. The van der Waals surface area contributed by atoms with Gasteiger partial charge in [-0.2, -0.15) is 0 Å². The summed E-state index contributed by atoms with van der Waals surface area (Å²) in [5.74, 6) is -5.37. The average Bonchev–Trinajstić information content (AvgIpc) is 3.42. The van der Waals surface area contributed by atoms with Gasteiger partial charge < -0.3 is 15.4 Å².